The van der Waals surface area contributed by atoms with E-state index in [2.05, 4.69) is 13.5 Å². The third kappa shape index (κ3) is 8.27. The third-order valence-corrected chi connectivity index (χ3v) is 5.43. The molecule has 0 atom stereocenters. The Bertz CT molecular complexity index is 1130. The Morgan fingerprint density at radius 2 is 1.33 bits per heavy atom. The van der Waals surface area contributed by atoms with Crippen molar-refractivity contribution in [1.82, 2.24) is 0 Å². The fourth-order valence-electron chi connectivity index (χ4n) is 3.31. The van der Waals surface area contributed by atoms with Crippen LogP contribution in [0.15, 0.2) is 84.9 Å². The first kappa shape index (κ1) is 26.5. The molecule has 2 aromatic rings. The molecule has 0 unspecified atom stereocenters. The summed E-state index contributed by atoms with van der Waals surface area (Å²) >= 11 is 0. The largest absolute Gasteiger partial charge is 0.494 e. The van der Waals surface area contributed by atoms with Crippen LogP contribution in [-0.2, 0) is 25.4 Å². The summed E-state index contributed by atoms with van der Waals surface area (Å²) in [6.07, 6.45) is 7.64. The molecule has 7 heteroatoms. The fraction of sp³-hybridized carbons (Fsp3) is 0.276. The maximum absolute atomic E-state index is 12.5. The average molecular weight is 491 g/mol. The number of benzene rings is 2. The van der Waals surface area contributed by atoms with Gasteiger partial charge in [-0.1, -0.05) is 25.6 Å². The summed E-state index contributed by atoms with van der Waals surface area (Å²) in [5.74, 6) is 0.350. The van der Waals surface area contributed by atoms with Crippen molar-refractivity contribution in [2.75, 3.05) is 13.2 Å². The summed E-state index contributed by atoms with van der Waals surface area (Å²) in [6.45, 7) is 6.18. The van der Waals surface area contributed by atoms with Crippen molar-refractivity contribution < 1.29 is 33.3 Å². The highest BCUT2D eigenvalue weighted by Crippen LogP contribution is 2.23. The second-order valence-electron chi connectivity index (χ2n) is 8.05. The lowest BCUT2D eigenvalue weighted by atomic mass is 10.1. The molecule has 0 aromatic heterocycles. The first-order chi connectivity index (χ1) is 17.5. The normalized spacial score (nSPS) is 12.6. The lowest BCUT2D eigenvalue weighted by Crippen LogP contribution is -2.10. The van der Waals surface area contributed by atoms with Gasteiger partial charge in [-0.3, -0.25) is 0 Å². The van der Waals surface area contributed by atoms with Gasteiger partial charge in [0.25, 0.3) is 0 Å². The van der Waals surface area contributed by atoms with Crippen LogP contribution in [-0.4, -0.2) is 31.1 Å². The van der Waals surface area contributed by atoms with Crippen LogP contribution in [0.3, 0.4) is 0 Å². The van der Waals surface area contributed by atoms with Gasteiger partial charge in [0, 0.05) is 18.9 Å². The van der Waals surface area contributed by atoms with Crippen LogP contribution in [0.25, 0.3) is 0 Å². The molecular weight excluding hydrogens is 460 g/mol. The van der Waals surface area contributed by atoms with Crippen molar-refractivity contribution in [3.63, 3.8) is 0 Å². The van der Waals surface area contributed by atoms with Gasteiger partial charge >= 0.3 is 17.9 Å². The van der Waals surface area contributed by atoms with Crippen LogP contribution in [0.2, 0.25) is 0 Å². The van der Waals surface area contributed by atoms with E-state index in [9.17, 15) is 14.4 Å². The Morgan fingerprint density at radius 1 is 0.806 bits per heavy atom. The summed E-state index contributed by atoms with van der Waals surface area (Å²) in [5.41, 5.74) is 2.05. The van der Waals surface area contributed by atoms with Crippen LogP contribution in [0.5, 0.6) is 5.75 Å². The summed E-state index contributed by atoms with van der Waals surface area (Å²) in [4.78, 5) is 35.8. The molecular formula is C29H30O7. The monoisotopic (exact) mass is 490 g/mol. The van der Waals surface area contributed by atoms with E-state index in [0.717, 1.165) is 24.5 Å². The van der Waals surface area contributed by atoms with E-state index >= 15 is 0 Å². The van der Waals surface area contributed by atoms with Gasteiger partial charge in [0.05, 0.1) is 24.3 Å². The number of ether oxygens (including phenoxy) is 4. The van der Waals surface area contributed by atoms with Crippen LogP contribution in [0.4, 0.5) is 0 Å². The summed E-state index contributed by atoms with van der Waals surface area (Å²) in [7, 11) is 0. The zero-order valence-electron chi connectivity index (χ0n) is 20.4. The van der Waals surface area contributed by atoms with E-state index in [1.165, 1.54) is 0 Å². The van der Waals surface area contributed by atoms with E-state index < -0.39 is 17.9 Å². The van der Waals surface area contributed by atoms with Gasteiger partial charge in [-0.25, -0.2) is 14.4 Å². The number of hydrogen-bond acceptors (Lipinski definition) is 7. The van der Waals surface area contributed by atoms with E-state index in [-0.39, 0.29) is 0 Å². The minimum absolute atomic E-state index is 0.320. The number of allylic oxidation sites excluding steroid dienone is 4. The van der Waals surface area contributed by atoms with Gasteiger partial charge in [0.2, 0.25) is 0 Å². The number of carbonyl (C=O) groups excluding carboxylic acids is 3. The minimum Gasteiger partial charge on any atom is -0.494 e. The van der Waals surface area contributed by atoms with E-state index in [1.54, 1.807) is 48.6 Å². The zero-order valence-corrected chi connectivity index (χ0v) is 20.4. The lowest BCUT2D eigenvalue weighted by Gasteiger charge is -2.15. The van der Waals surface area contributed by atoms with Crippen LogP contribution < -0.4 is 4.74 Å². The van der Waals surface area contributed by atoms with Crippen molar-refractivity contribution in [3.05, 3.63) is 102 Å². The average Bonchev–Trinajstić information content (AvgIpc) is 2.91. The molecule has 0 radical (unpaired) electrons. The van der Waals surface area contributed by atoms with Gasteiger partial charge in [-0.05, 0) is 73.4 Å². The topological polar surface area (TPSA) is 88.1 Å². The molecule has 1 aliphatic rings. The molecule has 0 fully saturated rings. The zero-order chi connectivity index (χ0) is 25.8. The van der Waals surface area contributed by atoms with Crippen LogP contribution in [0.1, 0.15) is 58.9 Å². The molecule has 0 saturated heterocycles. The maximum Gasteiger partial charge on any atom is 0.343 e. The molecule has 1 aliphatic carbocycles. The fourth-order valence-corrected chi connectivity index (χ4v) is 3.31. The summed E-state index contributed by atoms with van der Waals surface area (Å²) < 4.78 is 21.5. The van der Waals surface area contributed by atoms with Gasteiger partial charge in [0.15, 0.2) is 0 Å². The van der Waals surface area contributed by atoms with Gasteiger partial charge in [-0.15, -0.1) is 0 Å². The molecule has 2 aromatic carbocycles. The molecule has 0 spiro atoms. The Kier molecular flexibility index (Phi) is 10.1. The highest BCUT2D eigenvalue weighted by molar-refractivity contribution is 5.91. The number of aryl methyl sites for hydroxylation is 1. The van der Waals surface area contributed by atoms with Gasteiger partial charge < -0.3 is 18.9 Å². The lowest BCUT2D eigenvalue weighted by molar-refractivity contribution is -0.137. The molecule has 0 saturated carbocycles. The Balaban J connectivity index is 1.42. The number of carbonyl (C=O) groups is 3. The van der Waals surface area contributed by atoms with Gasteiger partial charge in [0.1, 0.15) is 17.3 Å². The van der Waals surface area contributed by atoms with Crippen LogP contribution >= 0.6 is 0 Å². The molecule has 188 valence electrons. The Labute approximate surface area is 211 Å². The third-order valence-electron chi connectivity index (χ3n) is 5.43. The molecule has 0 heterocycles. The molecule has 0 bridgehead atoms. The Hall–Kier alpha value is -4.13. The maximum atomic E-state index is 12.5. The van der Waals surface area contributed by atoms with Crippen molar-refractivity contribution in [1.29, 1.82) is 0 Å². The standard InChI is InChI=1S/C29H30O7/c1-3-21-7-9-22(10-8-21)28(31)35-25-15-17-26(18-16-25)36-29(32)23-11-13-24(14-12-23)33-19-5-6-20-34-27(30)4-2/h4,7-15,17H,2-3,5-6,16,18-20H2,1H3. The first-order valence-electron chi connectivity index (χ1n) is 11.9. The molecule has 7 nitrogen and oxygen atoms in total. The van der Waals surface area contributed by atoms with E-state index in [1.807, 2.05) is 12.1 Å². The molecule has 0 amide bonds. The van der Waals surface area contributed by atoms with E-state index in [0.29, 0.717) is 60.9 Å². The summed E-state index contributed by atoms with van der Waals surface area (Å²) in [6, 6.07) is 14.0. The smallest absolute Gasteiger partial charge is 0.343 e. The number of hydrogen-bond donors (Lipinski definition) is 0. The highest BCUT2D eigenvalue weighted by atomic mass is 16.5. The second-order valence-corrected chi connectivity index (χ2v) is 8.05. The quantitative estimate of drug-likeness (QED) is 0.163. The molecule has 0 aliphatic heterocycles. The van der Waals surface area contributed by atoms with Crippen LogP contribution in [0, 0.1) is 0 Å². The van der Waals surface area contributed by atoms with Crippen molar-refractivity contribution in [2.24, 2.45) is 0 Å². The highest BCUT2D eigenvalue weighted by Gasteiger charge is 2.17. The second kappa shape index (κ2) is 13.7. The molecule has 36 heavy (non-hydrogen) atoms. The van der Waals surface area contributed by atoms with E-state index in [4.69, 9.17) is 18.9 Å². The van der Waals surface area contributed by atoms with Crippen molar-refractivity contribution >= 4 is 17.9 Å². The van der Waals surface area contributed by atoms with Crippen molar-refractivity contribution in [2.45, 2.75) is 39.0 Å². The predicted octanol–water partition coefficient (Wildman–Crippen LogP) is 5.71. The SMILES string of the molecule is C=CC(=O)OCCCCOc1ccc(C(=O)OC2=CC=C(OC(=O)c3ccc(CC)cc3)CC2)cc1. The number of rotatable bonds is 12. The first-order valence-corrected chi connectivity index (χ1v) is 11.9. The van der Waals surface area contributed by atoms with Crippen molar-refractivity contribution in [3.8, 4) is 5.75 Å². The summed E-state index contributed by atoms with van der Waals surface area (Å²) in [5, 5.41) is 0. The minimum atomic E-state index is -0.471. The molecule has 3 rings (SSSR count). The number of esters is 3. The molecule has 0 N–H and O–H groups in total. The van der Waals surface area contributed by atoms with Gasteiger partial charge in [-0.2, -0.15) is 0 Å². The Morgan fingerprint density at radius 3 is 1.83 bits per heavy atom. The predicted molar refractivity (Wildman–Crippen MR) is 134 cm³/mol. The number of unbranched alkanes of at least 4 members (excludes halogenated alkanes) is 1.